The van der Waals surface area contributed by atoms with E-state index in [0.29, 0.717) is 12.1 Å². The fraction of sp³-hybridized carbons (Fsp3) is 0.250. The molecule has 0 aliphatic heterocycles. The Balaban J connectivity index is 2.04. The van der Waals surface area contributed by atoms with Crippen LogP contribution in [0, 0.1) is 0 Å². The van der Waals surface area contributed by atoms with Gasteiger partial charge in [0.1, 0.15) is 0 Å². The maximum atomic E-state index is 12.0. The van der Waals surface area contributed by atoms with E-state index in [-0.39, 0.29) is 5.91 Å². The summed E-state index contributed by atoms with van der Waals surface area (Å²) in [4.78, 5) is 16.2. The Morgan fingerprint density at radius 1 is 1.10 bits per heavy atom. The maximum absolute atomic E-state index is 12.0. The minimum Gasteiger partial charge on any atom is -0.352 e. The van der Waals surface area contributed by atoms with Crippen molar-refractivity contribution in [2.24, 2.45) is 0 Å². The second-order valence-electron chi connectivity index (χ2n) is 4.54. The van der Waals surface area contributed by atoms with E-state index in [1.54, 1.807) is 12.4 Å². The van der Waals surface area contributed by atoms with Gasteiger partial charge >= 0.3 is 0 Å². The van der Waals surface area contributed by atoms with Gasteiger partial charge < -0.3 is 10.6 Å². The molecule has 2 N–H and O–H groups in total. The van der Waals surface area contributed by atoms with Crippen LogP contribution in [0.4, 0.5) is 0 Å². The van der Waals surface area contributed by atoms with Crippen LogP contribution in [0.5, 0.6) is 0 Å². The van der Waals surface area contributed by atoms with E-state index in [4.69, 9.17) is 0 Å². The molecule has 2 aromatic rings. The van der Waals surface area contributed by atoms with Gasteiger partial charge in [0.25, 0.3) is 5.91 Å². The summed E-state index contributed by atoms with van der Waals surface area (Å²) in [6, 6.07) is 11.8. The molecule has 0 fully saturated rings. The average molecular weight is 269 g/mol. The zero-order chi connectivity index (χ0) is 14.2. The third-order valence-electron chi connectivity index (χ3n) is 3.00. The summed E-state index contributed by atoms with van der Waals surface area (Å²) in [6.45, 7) is 1.55. The molecule has 1 heterocycles. The second-order valence-corrected chi connectivity index (χ2v) is 4.54. The van der Waals surface area contributed by atoms with E-state index in [9.17, 15) is 4.79 Å². The van der Waals surface area contributed by atoms with E-state index in [0.717, 1.165) is 24.1 Å². The molecule has 0 unspecified atom stereocenters. The van der Waals surface area contributed by atoms with E-state index < -0.39 is 0 Å². The van der Waals surface area contributed by atoms with E-state index in [1.807, 2.05) is 43.4 Å². The van der Waals surface area contributed by atoms with Gasteiger partial charge in [-0.1, -0.05) is 30.3 Å². The number of hydrogen-bond donors (Lipinski definition) is 2. The minimum absolute atomic E-state index is 0.0774. The lowest BCUT2D eigenvalue weighted by atomic mass is 10.1. The van der Waals surface area contributed by atoms with Crippen molar-refractivity contribution in [1.82, 2.24) is 15.6 Å². The Hall–Kier alpha value is -2.20. The summed E-state index contributed by atoms with van der Waals surface area (Å²) in [5.41, 5.74) is 2.61. The highest BCUT2D eigenvalue weighted by Crippen LogP contribution is 2.18. The molecule has 1 aromatic heterocycles. The first-order chi connectivity index (χ1) is 9.81. The van der Waals surface area contributed by atoms with Gasteiger partial charge in [-0.25, -0.2) is 0 Å². The first-order valence-electron chi connectivity index (χ1n) is 6.74. The fourth-order valence-electron chi connectivity index (χ4n) is 1.92. The highest BCUT2D eigenvalue weighted by Gasteiger charge is 2.07. The minimum atomic E-state index is -0.0774. The molecule has 0 bridgehead atoms. The van der Waals surface area contributed by atoms with Gasteiger partial charge in [0.05, 0.1) is 5.56 Å². The lowest BCUT2D eigenvalue weighted by Crippen LogP contribution is -2.26. The first kappa shape index (κ1) is 14.2. The third-order valence-corrected chi connectivity index (χ3v) is 3.00. The fourth-order valence-corrected chi connectivity index (χ4v) is 1.92. The molecule has 0 radical (unpaired) electrons. The molecule has 0 atom stereocenters. The van der Waals surface area contributed by atoms with Crippen LogP contribution >= 0.6 is 0 Å². The maximum Gasteiger partial charge on any atom is 0.252 e. The van der Waals surface area contributed by atoms with E-state index in [1.165, 1.54) is 0 Å². The number of rotatable bonds is 6. The molecule has 1 aromatic carbocycles. The Morgan fingerprint density at radius 3 is 2.65 bits per heavy atom. The van der Waals surface area contributed by atoms with Gasteiger partial charge in [-0.15, -0.1) is 0 Å². The van der Waals surface area contributed by atoms with Crippen LogP contribution in [0.1, 0.15) is 16.8 Å². The SMILES string of the molecule is CNCCCNC(=O)c1cncc(-c2ccccc2)c1. The lowest BCUT2D eigenvalue weighted by Gasteiger charge is -2.06. The number of nitrogens with one attached hydrogen (secondary N) is 2. The number of hydrogen-bond acceptors (Lipinski definition) is 3. The molecular formula is C16H19N3O. The van der Waals surface area contributed by atoms with Gasteiger partial charge in [0, 0.05) is 24.5 Å². The van der Waals surface area contributed by atoms with Crippen molar-refractivity contribution in [3.8, 4) is 11.1 Å². The quantitative estimate of drug-likeness (QED) is 0.790. The summed E-state index contributed by atoms with van der Waals surface area (Å²) >= 11 is 0. The van der Waals surface area contributed by atoms with Crippen LogP contribution in [-0.2, 0) is 0 Å². The van der Waals surface area contributed by atoms with E-state index >= 15 is 0 Å². The molecule has 20 heavy (non-hydrogen) atoms. The topological polar surface area (TPSA) is 54.0 Å². The molecule has 104 valence electrons. The predicted octanol–water partition coefficient (Wildman–Crippen LogP) is 2.09. The summed E-state index contributed by atoms with van der Waals surface area (Å²) in [7, 11) is 1.90. The summed E-state index contributed by atoms with van der Waals surface area (Å²) in [5, 5.41) is 5.94. The smallest absolute Gasteiger partial charge is 0.252 e. The second kappa shape index (κ2) is 7.40. The average Bonchev–Trinajstić information content (AvgIpc) is 2.52. The summed E-state index contributed by atoms with van der Waals surface area (Å²) in [5.74, 6) is -0.0774. The zero-order valence-electron chi connectivity index (χ0n) is 11.6. The standard InChI is InChI=1S/C16H19N3O/c1-17-8-5-9-19-16(20)15-10-14(11-18-12-15)13-6-3-2-4-7-13/h2-4,6-7,10-12,17H,5,8-9H2,1H3,(H,19,20). The first-order valence-corrected chi connectivity index (χ1v) is 6.74. The molecular weight excluding hydrogens is 250 g/mol. The lowest BCUT2D eigenvalue weighted by molar-refractivity contribution is 0.0953. The number of aromatic nitrogens is 1. The zero-order valence-corrected chi connectivity index (χ0v) is 11.6. The predicted molar refractivity (Wildman–Crippen MR) is 80.5 cm³/mol. The molecule has 4 nitrogen and oxygen atoms in total. The van der Waals surface area contributed by atoms with Crippen molar-refractivity contribution in [3.05, 3.63) is 54.4 Å². The summed E-state index contributed by atoms with van der Waals surface area (Å²) in [6.07, 6.45) is 4.28. The van der Waals surface area contributed by atoms with Gasteiger partial charge in [0.15, 0.2) is 0 Å². The molecule has 0 saturated heterocycles. The Morgan fingerprint density at radius 2 is 1.90 bits per heavy atom. The molecule has 0 aliphatic carbocycles. The van der Waals surface area contributed by atoms with Gasteiger partial charge in [-0.3, -0.25) is 9.78 Å². The molecule has 2 rings (SSSR count). The number of nitrogens with zero attached hydrogens (tertiary/aromatic N) is 1. The van der Waals surface area contributed by atoms with Crippen molar-refractivity contribution < 1.29 is 4.79 Å². The van der Waals surface area contributed by atoms with Crippen molar-refractivity contribution >= 4 is 5.91 Å². The third kappa shape index (κ3) is 3.90. The monoisotopic (exact) mass is 269 g/mol. The van der Waals surface area contributed by atoms with Gasteiger partial charge in [0.2, 0.25) is 0 Å². The van der Waals surface area contributed by atoms with E-state index in [2.05, 4.69) is 15.6 Å². The number of carbonyl (C=O) groups excluding carboxylic acids is 1. The summed E-state index contributed by atoms with van der Waals surface area (Å²) < 4.78 is 0. The normalized spacial score (nSPS) is 10.2. The van der Waals surface area contributed by atoms with Crippen molar-refractivity contribution in [3.63, 3.8) is 0 Å². The van der Waals surface area contributed by atoms with Crippen LogP contribution in [0.2, 0.25) is 0 Å². The van der Waals surface area contributed by atoms with Crippen LogP contribution in [0.3, 0.4) is 0 Å². The number of benzene rings is 1. The molecule has 1 amide bonds. The van der Waals surface area contributed by atoms with Crippen molar-refractivity contribution in [1.29, 1.82) is 0 Å². The molecule has 0 spiro atoms. The highest BCUT2D eigenvalue weighted by molar-refractivity contribution is 5.95. The van der Waals surface area contributed by atoms with Crippen LogP contribution < -0.4 is 10.6 Å². The van der Waals surface area contributed by atoms with Crippen LogP contribution in [0.25, 0.3) is 11.1 Å². The van der Waals surface area contributed by atoms with Crippen LogP contribution in [-0.4, -0.2) is 31.0 Å². The highest BCUT2D eigenvalue weighted by atomic mass is 16.1. The number of pyridine rings is 1. The molecule has 0 aliphatic rings. The van der Waals surface area contributed by atoms with Gasteiger partial charge in [-0.2, -0.15) is 0 Å². The Kier molecular flexibility index (Phi) is 5.26. The van der Waals surface area contributed by atoms with Crippen molar-refractivity contribution in [2.45, 2.75) is 6.42 Å². The van der Waals surface area contributed by atoms with Crippen LogP contribution in [0.15, 0.2) is 48.8 Å². The largest absolute Gasteiger partial charge is 0.352 e. The Bertz CT molecular complexity index is 555. The number of amides is 1. The number of carbonyl (C=O) groups is 1. The van der Waals surface area contributed by atoms with Crippen molar-refractivity contribution in [2.75, 3.05) is 20.1 Å². The molecule has 0 saturated carbocycles. The van der Waals surface area contributed by atoms with Gasteiger partial charge in [-0.05, 0) is 31.6 Å². The molecule has 4 heteroatoms. The Labute approximate surface area is 119 Å².